The van der Waals surface area contributed by atoms with Crippen molar-refractivity contribution >= 4 is 98.1 Å². The number of carbonyl (C=O) groups is 5. The van der Waals surface area contributed by atoms with Crippen LogP contribution in [0.5, 0.6) is 0 Å². The van der Waals surface area contributed by atoms with Crippen LogP contribution in [0.25, 0.3) is 0 Å². The van der Waals surface area contributed by atoms with E-state index >= 15 is 0 Å². The number of H-pyrrole nitrogens is 1. The number of fused-ring (bicyclic) bond motifs is 17. The zero-order valence-corrected chi connectivity index (χ0v) is 42.2. The lowest BCUT2D eigenvalue weighted by molar-refractivity contribution is -0.124. The highest BCUT2D eigenvalue weighted by atomic mass is 32.2. The molecule has 15 heteroatoms. The van der Waals surface area contributed by atoms with Gasteiger partial charge < -0.3 is 14.8 Å². The summed E-state index contributed by atoms with van der Waals surface area (Å²) in [6, 6.07) is 36.0. The molecule has 4 aromatic carbocycles. The van der Waals surface area contributed by atoms with E-state index in [1.54, 1.807) is 11.8 Å². The molecule has 14 atom stereocenters. The number of allylic oxidation sites excluding steroid dienone is 2. The Balaban J connectivity index is 0.000000137. The summed E-state index contributed by atoms with van der Waals surface area (Å²) >= 11 is 6.28. The van der Waals surface area contributed by atoms with Gasteiger partial charge in [0.05, 0.1) is 40.1 Å². The number of nitrogens with zero attached hydrogens (tertiary/aromatic N) is 4. The Morgan fingerprint density at radius 3 is 1.46 bits per heavy atom. The monoisotopic (exact) mass is 1010 g/mol. The van der Waals surface area contributed by atoms with E-state index in [1.165, 1.54) is 53.8 Å². The van der Waals surface area contributed by atoms with Gasteiger partial charge in [0.1, 0.15) is 0 Å². The second-order valence-electron chi connectivity index (χ2n) is 20.8. The summed E-state index contributed by atoms with van der Waals surface area (Å²) in [6.45, 7) is 0. The van der Waals surface area contributed by atoms with Gasteiger partial charge in [-0.1, -0.05) is 83.8 Å². The number of rotatable bonds is 6. The highest BCUT2D eigenvalue weighted by molar-refractivity contribution is 8.18. The number of hydrogen-bond acceptors (Lipinski definition) is 12. The topological polar surface area (TPSA) is 131 Å². The predicted octanol–water partition coefficient (Wildman–Crippen LogP) is 9.08. The van der Waals surface area contributed by atoms with Crippen molar-refractivity contribution in [2.24, 2.45) is 59.2 Å². The summed E-state index contributed by atoms with van der Waals surface area (Å²) in [7, 11) is 8.11. The molecule has 0 spiro atoms. The minimum atomic E-state index is -0.268. The van der Waals surface area contributed by atoms with E-state index in [0.29, 0.717) is 17.8 Å². The number of aromatic amines is 1. The molecule has 4 bridgehead atoms. The first-order chi connectivity index (χ1) is 33.9. The summed E-state index contributed by atoms with van der Waals surface area (Å²) < 4.78 is 0. The molecule has 5 aliphatic heterocycles. The van der Waals surface area contributed by atoms with Gasteiger partial charge in [0.2, 0.25) is 23.6 Å². The van der Waals surface area contributed by atoms with Crippen molar-refractivity contribution in [1.29, 1.82) is 0 Å². The smallest absolute Gasteiger partial charge is 0.305 e. The number of anilines is 4. The van der Waals surface area contributed by atoms with Crippen molar-refractivity contribution in [3.05, 3.63) is 145 Å². The molecule has 0 radical (unpaired) electrons. The Labute approximate surface area is 422 Å². The molecule has 6 heterocycles. The highest BCUT2D eigenvalue weighted by Gasteiger charge is 2.71. The van der Waals surface area contributed by atoms with E-state index in [1.807, 2.05) is 101 Å². The van der Waals surface area contributed by atoms with Gasteiger partial charge in [-0.15, -0.1) is 23.5 Å². The van der Waals surface area contributed by atoms with E-state index in [9.17, 15) is 28.8 Å². The van der Waals surface area contributed by atoms with Gasteiger partial charge in [-0.2, -0.15) is 0 Å². The van der Waals surface area contributed by atoms with Crippen LogP contribution in [0.4, 0.5) is 22.7 Å². The zero-order chi connectivity index (χ0) is 48.0. The quantitative estimate of drug-likeness (QED) is 0.164. The zero-order valence-electron chi connectivity index (χ0n) is 39.0. The number of hydrogen-bond donors (Lipinski definition) is 1. The van der Waals surface area contributed by atoms with Crippen molar-refractivity contribution in [3.63, 3.8) is 0 Å². The van der Waals surface area contributed by atoms with Gasteiger partial charge in [-0.3, -0.25) is 38.6 Å². The Kier molecular flexibility index (Phi) is 10.6. The summed E-state index contributed by atoms with van der Waals surface area (Å²) in [5.74, 6) is 0.138. The molecule has 70 heavy (non-hydrogen) atoms. The molecule has 1 aromatic heterocycles. The van der Waals surface area contributed by atoms with E-state index in [-0.39, 0.29) is 115 Å². The maximum atomic E-state index is 13.7. The number of nitrogens with one attached hydrogen (secondary N) is 1. The minimum Gasteiger partial charge on any atom is -0.378 e. The normalized spacial score (nSPS) is 33.7. The molecule has 9 aliphatic rings. The van der Waals surface area contributed by atoms with Crippen LogP contribution >= 0.6 is 46.6 Å². The molecule has 4 aliphatic carbocycles. The molecule has 6 fully saturated rings. The first-order valence-corrected chi connectivity index (χ1v) is 27.7. The number of amides is 4. The molecule has 14 rings (SSSR count). The Hall–Kier alpha value is -5.35. The Bertz CT molecular complexity index is 3100. The van der Waals surface area contributed by atoms with Crippen LogP contribution in [0.2, 0.25) is 0 Å². The molecule has 356 valence electrons. The van der Waals surface area contributed by atoms with Crippen LogP contribution in [-0.2, 0) is 24.0 Å². The van der Waals surface area contributed by atoms with Crippen molar-refractivity contribution in [1.82, 2.24) is 4.98 Å². The number of imide groups is 2. The average molecular weight is 1010 g/mol. The van der Waals surface area contributed by atoms with Gasteiger partial charge in [0, 0.05) is 83.0 Å². The maximum absolute atomic E-state index is 13.7. The molecule has 4 saturated carbocycles. The lowest BCUT2D eigenvalue weighted by Gasteiger charge is -2.44. The first kappa shape index (κ1) is 44.6. The fourth-order valence-electron chi connectivity index (χ4n) is 14.6. The maximum Gasteiger partial charge on any atom is 0.305 e. The van der Waals surface area contributed by atoms with Crippen molar-refractivity contribution < 1.29 is 24.0 Å². The highest BCUT2D eigenvalue weighted by Crippen LogP contribution is 2.72. The molecular formula is C55H51N5O6S4. The van der Waals surface area contributed by atoms with Gasteiger partial charge in [-0.05, 0) is 108 Å². The standard InChI is InChI=1S/C28H26N2O3S2.C27H25N3O3S2/c1-29(2)15-10-8-14(9-11-15)21-22-17-12-18(25(22)34-19-13-20(31)35-26(19)21)24-23(17)27(32)30(28(24)33)16-6-4-3-5-7-16;1-29(2)14-10-8-13(9-11-14)18-19-16-12-17(22(19)34-24-23(18)35-27(33)28-24)21-20(16)25(31)30(26(21)32)15-6-4-3-5-7-15/h3-11,17-18,21-25H,12-13H2,1-2H3;3-11,16-22H,12H2,1-2H3,(H,28,33)/t17-,18-,21-,22-,23+,24-,25-;16-,17-,18-,19-,20+,21-,22-/m10/s1. The first-order valence-electron chi connectivity index (χ1n) is 24.3. The molecule has 4 amide bonds. The van der Waals surface area contributed by atoms with Crippen molar-refractivity contribution in [2.75, 3.05) is 47.8 Å². The lowest BCUT2D eigenvalue weighted by atomic mass is 9.68. The van der Waals surface area contributed by atoms with E-state index < -0.39 is 0 Å². The largest absolute Gasteiger partial charge is 0.378 e. The Morgan fingerprint density at radius 2 is 0.971 bits per heavy atom. The van der Waals surface area contributed by atoms with E-state index in [2.05, 4.69) is 63.3 Å². The van der Waals surface area contributed by atoms with E-state index in [4.69, 9.17) is 0 Å². The van der Waals surface area contributed by atoms with E-state index in [0.717, 1.165) is 34.1 Å². The predicted molar refractivity (Wildman–Crippen MR) is 278 cm³/mol. The third kappa shape index (κ3) is 6.55. The minimum absolute atomic E-state index is 0.0266. The molecular weight excluding hydrogens is 955 g/mol. The van der Waals surface area contributed by atoms with Gasteiger partial charge in [0.25, 0.3) is 0 Å². The number of thioether (sulfide) groups is 3. The number of carbonyl (C=O) groups excluding carboxylic acids is 5. The number of para-hydroxylation sites is 2. The van der Waals surface area contributed by atoms with Crippen LogP contribution in [0.1, 0.15) is 47.1 Å². The summed E-state index contributed by atoms with van der Waals surface area (Å²) in [5.41, 5.74) is 6.03. The molecule has 0 unspecified atom stereocenters. The van der Waals surface area contributed by atoms with Crippen LogP contribution in [0.15, 0.2) is 129 Å². The third-order valence-corrected chi connectivity index (χ3v) is 22.6. The van der Waals surface area contributed by atoms with Gasteiger partial charge in [0.15, 0.2) is 5.12 Å². The van der Waals surface area contributed by atoms with Crippen LogP contribution in [0, 0.1) is 59.2 Å². The lowest BCUT2D eigenvalue weighted by Crippen LogP contribution is -2.42. The number of aromatic nitrogens is 1. The van der Waals surface area contributed by atoms with Crippen LogP contribution in [0.3, 0.4) is 0 Å². The van der Waals surface area contributed by atoms with Gasteiger partial charge in [-0.25, -0.2) is 0 Å². The van der Waals surface area contributed by atoms with Crippen molar-refractivity contribution in [3.8, 4) is 0 Å². The third-order valence-electron chi connectivity index (χ3n) is 17.2. The Morgan fingerprint density at radius 1 is 0.529 bits per heavy atom. The second-order valence-corrected chi connectivity index (χ2v) is 25.4. The average Bonchev–Trinajstić information content (AvgIpc) is 4.25. The number of benzene rings is 4. The molecule has 5 aromatic rings. The fourth-order valence-corrected chi connectivity index (χ4v) is 20.7. The molecule has 2 saturated heterocycles. The second kappa shape index (κ2) is 16.6. The van der Waals surface area contributed by atoms with Crippen LogP contribution < -0.4 is 24.5 Å². The van der Waals surface area contributed by atoms with Gasteiger partial charge >= 0.3 is 4.87 Å². The SMILES string of the molecule is CN(C)c1ccc([C@@H]2c3sc(=O)[nH]c3S[C@H]3[C@H]4C[C@H]([C@H]5C(=O)N(c6ccccc6)C(=O)[C@@H]45)[C@@H]23)cc1.CN(C)c1ccc([C@H]2C3=C(CC(=O)S3)S[C@@H]3[C@@H]4C[C@@H]([C@@H]5C(=O)N(c6ccccc6)C(=O)[C@H]45)[C@@H]32)cc1. The fraction of sp³-hybridized carbons (Fsp3) is 0.382. The van der Waals surface area contributed by atoms with Crippen molar-refractivity contribution in [2.45, 2.75) is 46.6 Å². The number of thiazole rings is 1. The summed E-state index contributed by atoms with van der Waals surface area (Å²) in [4.78, 5) is 93.1. The molecule has 1 N–H and O–H groups in total. The molecule has 11 nitrogen and oxygen atoms in total. The summed E-state index contributed by atoms with van der Waals surface area (Å²) in [6.07, 6.45) is 2.33. The van der Waals surface area contributed by atoms with Crippen LogP contribution in [-0.4, -0.2) is 72.4 Å². The summed E-state index contributed by atoms with van der Waals surface area (Å²) in [5, 5.41) is 1.65.